The molecule has 0 spiro atoms. The molecule has 0 unspecified atom stereocenters. The first-order valence-corrected chi connectivity index (χ1v) is 6.01. The lowest BCUT2D eigenvalue weighted by molar-refractivity contribution is 0.419. The number of hydrogen-bond donors (Lipinski definition) is 1. The van der Waals surface area contributed by atoms with E-state index in [1.54, 1.807) is 19.2 Å². The van der Waals surface area contributed by atoms with Crippen molar-refractivity contribution in [3.8, 4) is 22.8 Å². The van der Waals surface area contributed by atoms with Crippen molar-refractivity contribution < 1.29 is 9.84 Å². The average molecular weight is 251 g/mol. The van der Waals surface area contributed by atoms with Gasteiger partial charge >= 0.3 is 0 Å². The molecule has 0 radical (unpaired) electrons. The van der Waals surface area contributed by atoms with E-state index < -0.39 is 0 Å². The summed E-state index contributed by atoms with van der Waals surface area (Å²) in [5.41, 5.74) is 2.67. The fourth-order valence-electron chi connectivity index (χ4n) is 2.09. The van der Waals surface area contributed by atoms with Gasteiger partial charge in [0.05, 0.1) is 18.3 Å². The minimum Gasteiger partial charge on any atom is -0.508 e. The molecule has 2 aromatic carbocycles. The van der Waals surface area contributed by atoms with Crippen molar-refractivity contribution in [1.82, 2.24) is 4.98 Å². The monoisotopic (exact) mass is 251 g/mol. The molecule has 1 heterocycles. The molecule has 0 amide bonds. The Balaban J connectivity index is 2.22. The van der Waals surface area contributed by atoms with Crippen LogP contribution in [-0.4, -0.2) is 17.2 Å². The van der Waals surface area contributed by atoms with Gasteiger partial charge in [-0.05, 0) is 36.4 Å². The molecule has 19 heavy (non-hydrogen) atoms. The Kier molecular flexibility index (Phi) is 2.80. The van der Waals surface area contributed by atoms with E-state index in [1.807, 2.05) is 42.5 Å². The van der Waals surface area contributed by atoms with E-state index in [1.165, 1.54) is 0 Å². The number of aromatic hydroxyl groups is 1. The van der Waals surface area contributed by atoms with Gasteiger partial charge in [0.1, 0.15) is 11.5 Å². The number of para-hydroxylation sites is 1. The molecule has 3 heteroatoms. The lowest BCUT2D eigenvalue weighted by Crippen LogP contribution is -1.90. The number of nitrogens with zero attached hydrogens (tertiary/aromatic N) is 1. The lowest BCUT2D eigenvalue weighted by Gasteiger charge is -2.08. The van der Waals surface area contributed by atoms with Gasteiger partial charge in [0.15, 0.2) is 0 Å². The normalized spacial score (nSPS) is 10.6. The van der Waals surface area contributed by atoms with Gasteiger partial charge in [0.25, 0.3) is 0 Å². The maximum absolute atomic E-state index is 9.33. The Hall–Kier alpha value is -2.55. The zero-order valence-electron chi connectivity index (χ0n) is 10.5. The fourth-order valence-corrected chi connectivity index (χ4v) is 2.09. The summed E-state index contributed by atoms with van der Waals surface area (Å²) in [5.74, 6) is 1.05. The standard InChI is InChI=1S/C16H13NO2/c1-19-16-10-15(11-6-8-12(18)9-7-11)17-14-5-3-2-4-13(14)16/h2-10,18H,1H3. The molecule has 1 aromatic heterocycles. The Labute approximate surface area is 111 Å². The molecule has 3 aromatic rings. The highest BCUT2D eigenvalue weighted by Crippen LogP contribution is 2.30. The molecule has 1 N–H and O–H groups in total. The molecule has 0 aliphatic heterocycles. The first kappa shape index (κ1) is 11.5. The van der Waals surface area contributed by atoms with Crippen LogP contribution in [0.5, 0.6) is 11.5 Å². The lowest BCUT2D eigenvalue weighted by atomic mass is 10.1. The number of phenolic OH excluding ortho intramolecular Hbond substituents is 1. The highest BCUT2D eigenvalue weighted by molar-refractivity contribution is 5.87. The van der Waals surface area contributed by atoms with Crippen LogP contribution < -0.4 is 4.74 Å². The molecule has 0 saturated heterocycles. The number of aromatic nitrogens is 1. The second-order valence-electron chi connectivity index (χ2n) is 4.27. The van der Waals surface area contributed by atoms with Gasteiger partial charge in [-0.25, -0.2) is 4.98 Å². The van der Waals surface area contributed by atoms with Crippen molar-refractivity contribution in [2.45, 2.75) is 0 Å². The molecule has 0 fully saturated rings. The van der Waals surface area contributed by atoms with E-state index in [-0.39, 0.29) is 5.75 Å². The van der Waals surface area contributed by atoms with Gasteiger partial charge in [-0.15, -0.1) is 0 Å². The summed E-state index contributed by atoms with van der Waals surface area (Å²) in [6, 6.07) is 16.8. The smallest absolute Gasteiger partial charge is 0.130 e. The third-order valence-electron chi connectivity index (χ3n) is 3.06. The van der Waals surface area contributed by atoms with Crippen LogP contribution in [0.2, 0.25) is 0 Å². The van der Waals surface area contributed by atoms with Crippen molar-refractivity contribution in [2.24, 2.45) is 0 Å². The van der Waals surface area contributed by atoms with Crippen LogP contribution in [0.3, 0.4) is 0 Å². The van der Waals surface area contributed by atoms with E-state index in [0.29, 0.717) is 0 Å². The molecule has 0 bridgehead atoms. The van der Waals surface area contributed by atoms with Gasteiger partial charge < -0.3 is 9.84 Å². The maximum atomic E-state index is 9.33. The molecule has 3 rings (SSSR count). The predicted molar refractivity (Wildman–Crippen MR) is 75.4 cm³/mol. The molecule has 0 atom stereocenters. The molecule has 94 valence electrons. The number of hydrogen-bond acceptors (Lipinski definition) is 3. The van der Waals surface area contributed by atoms with Gasteiger partial charge in [-0.2, -0.15) is 0 Å². The van der Waals surface area contributed by atoms with Crippen molar-refractivity contribution in [2.75, 3.05) is 7.11 Å². The van der Waals surface area contributed by atoms with Crippen LogP contribution in [0.1, 0.15) is 0 Å². The summed E-state index contributed by atoms with van der Waals surface area (Å²) in [4.78, 5) is 4.62. The summed E-state index contributed by atoms with van der Waals surface area (Å²) in [5, 5.41) is 10.3. The van der Waals surface area contributed by atoms with E-state index in [2.05, 4.69) is 4.98 Å². The van der Waals surface area contributed by atoms with Crippen molar-refractivity contribution in [1.29, 1.82) is 0 Å². The molecular formula is C16H13NO2. The topological polar surface area (TPSA) is 42.4 Å². The van der Waals surface area contributed by atoms with Crippen LogP contribution in [-0.2, 0) is 0 Å². The minimum atomic E-state index is 0.247. The van der Waals surface area contributed by atoms with Crippen molar-refractivity contribution >= 4 is 10.9 Å². The maximum Gasteiger partial charge on any atom is 0.130 e. The van der Waals surface area contributed by atoms with E-state index in [4.69, 9.17) is 4.74 Å². The van der Waals surface area contributed by atoms with E-state index in [0.717, 1.165) is 27.9 Å². The van der Waals surface area contributed by atoms with Crippen LogP contribution in [0, 0.1) is 0 Å². The van der Waals surface area contributed by atoms with Gasteiger partial charge in [-0.3, -0.25) is 0 Å². The summed E-state index contributed by atoms with van der Waals surface area (Å²) < 4.78 is 5.42. The number of rotatable bonds is 2. The quantitative estimate of drug-likeness (QED) is 0.756. The summed E-state index contributed by atoms with van der Waals surface area (Å²) in [6.45, 7) is 0. The zero-order valence-corrected chi connectivity index (χ0v) is 10.5. The van der Waals surface area contributed by atoms with Crippen LogP contribution in [0.4, 0.5) is 0 Å². The second-order valence-corrected chi connectivity index (χ2v) is 4.27. The van der Waals surface area contributed by atoms with Gasteiger partial charge in [0, 0.05) is 17.0 Å². The molecule has 3 nitrogen and oxygen atoms in total. The summed E-state index contributed by atoms with van der Waals surface area (Å²) >= 11 is 0. The molecular weight excluding hydrogens is 238 g/mol. The van der Waals surface area contributed by atoms with Crippen molar-refractivity contribution in [3.05, 3.63) is 54.6 Å². The first-order chi connectivity index (χ1) is 9.28. The van der Waals surface area contributed by atoms with Crippen molar-refractivity contribution in [3.63, 3.8) is 0 Å². The van der Waals surface area contributed by atoms with Crippen LogP contribution in [0.25, 0.3) is 22.2 Å². The third-order valence-corrected chi connectivity index (χ3v) is 3.06. The first-order valence-electron chi connectivity index (χ1n) is 6.01. The number of methoxy groups -OCH3 is 1. The summed E-state index contributed by atoms with van der Waals surface area (Å²) in [6.07, 6.45) is 0. The summed E-state index contributed by atoms with van der Waals surface area (Å²) in [7, 11) is 1.66. The highest BCUT2D eigenvalue weighted by Gasteiger charge is 2.07. The third kappa shape index (κ3) is 2.10. The average Bonchev–Trinajstić information content (AvgIpc) is 2.47. The minimum absolute atomic E-state index is 0.247. The zero-order chi connectivity index (χ0) is 13.2. The Bertz CT molecular complexity index is 720. The largest absolute Gasteiger partial charge is 0.508 e. The SMILES string of the molecule is COc1cc(-c2ccc(O)cc2)nc2ccccc12. The van der Waals surface area contributed by atoms with Gasteiger partial charge in [0.2, 0.25) is 0 Å². The van der Waals surface area contributed by atoms with E-state index >= 15 is 0 Å². The Morgan fingerprint density at radius 1 is 1.00 bits per heavy atom. The predicted octanol–water partition coefficient (Wildman–Crippen LogP) is 3.62. The number of pyridine rings is 1. The molecule has 0 aliphatic carbocycles. The van der Waals surface area contributed by atoms with Crippen LogP contribution in [0.15, 0.2) is 54.6 Å². The Morgan fingerprint density at radius 2 is 1.74 bits per heavy atom. The van der Waals surface area contributed by atoms with Gasteiger partial charge in [-0.1, -0.05) is 12.1 Å². The number of benzene rings is 2. The fraction of sp³-hybridized carbons (Fsp3) is 0.0625. The van der Waals surface area contributed by atoms with E-state index in [9.17, 15) is 5.11 Å². The molecule has 0 aliphatic rings. The highest BCUT2D eigenvalue weighted by atomic mass is 16.5. The second kappa shape index (κ2) is 4.61. The molecule has 0 saturated carbocycles. The number of ether oxygens (including phenoxy) is 1. The van der Waals surface area contributed by atoms with Crippen LogP contribution >= 0.6 is 0 Å². The Morgan fingerprint density at radius 3 is 2.47 bits per heavy atom. The number of phenols is 1. The number of fused-ring (bicyclic) bond motifs is 1.